The number of hydrogen-bond donors (Lipinski definition) is 0. The van der Waals surface area contributed by atoms with Crippen LogP contribution in [0.2, 0.25) is 0 Å². The van der Waals surface area contributed by atoms with Crippen molar-refractivity contribution in [1.82, 2.24) is 4.98 Å². The summed E-state index contributed by atoms with van der Waals surface area (Å²) >= 11 is 0. The lowest BCUT2D eigenvalue weighted by atomic mass is 9.78. The van der Waals surface area contributed by atoms with Crippen LogP contribution in [0.4, 0.5) is 0 Å². The van der Waals surface area contributed by atoms with Gasteiger partial charge >= 0.3 is 0 Å². The average molecular weight is 305 g/mol. The van der Waals surface area contributed by atoms with Gasteiger partial charge in [-0.15, -0.1) is 0 Å². The van der Waals surface area contributed by atoms with E-state index < -0.39 is 5.41 Å². The van der Waals surface area contributed by atoms with E-state index >= 15 is 0 Å². The highest BCUT2D eigenvalue weighted by Crippen LogP contribution is 2.30. The van der Waals surface area contributed by atoms with E-state index in [2.05, 4.69) is 4.98 Å². The minimum atomic E-state index is -0.654. The molecule has 0 aliphatic carbocycles. The fourth-order valence-corrected chi connectivity index (χ4v) is 2.70. The van der Waals surface area contributed by atoms with Gasteiger partial charge in [-0.1, -0.05) is 30.3 Å². The summed E-state index contributed by atoms with van der Waals surface area (Å²) in [5, 5.41) is 0.972. The second kappa shape index (κ2) is 5.84. The quantitative estimate of drug-likeness (QED) is 0.670. The molecule has 0 fully saturated rings. The van der Waals surface area contributed by atoms with Crippen LogP contribution in [0.3, 0.4) is 0 Å². The Balaban J connectivity index is 2.01. The number of ketones is 1. The molecule has 3 nitrogen and oxygen atoms in total. The third-order valence-electron chi connectivity index (χ3n) is 4.21. The molecule has 0 aliphatic rings. The lowest BCUT2D eigenvalue weighted by Gasteiger charge is -2.24. The van der Waals surface area contributed by atoms with Gasteiger partial charge in [-0.05, 0) is 43.7 Å². The van der Waals surface area contributed by atoms with Gasteiger partial charge in [0.15, 0.2) is 5.78 Å². The molecule has 1 aromatic heterocycles. The zero-order chi connectivity index (χ0) is 16.4. The first-order valence-corrected chi connectivity index (χ1v) is 7.56. The minimum Gasteiger partial charge on any atom is -0.497 e. The highest BCUT2D eigenvalue weighted by Gasteiger charge is 2.31. The SMILES string of the molecule is COc1cccc(C(C)(C)C(=O)c2cnc3ccccc3c2)c1. The number of benzene rings is 2. The van der Waals surface area contributed by atoms with Crippen molar-refractivity contribution in [3.63, 3.8) is 0 Å². The monoisotopic (exact) mass is 305 g/mol. The van der Waals surface area contributed by atoms with Gasteiger partial charge in [0.05, 0.1) is 18.0 Å². The molecule has 0 aliphatic heterocycles. The van der Waals surface area contributed by atoms with E-state index in [1.54, 1.807) is 13.3 Å². The van der Waals surface area contributed by atoms with Crippen molar-refractivity contribution in [2.45, 2.75) is 19.3 Å². The van der Waals surface area contributed by atoms with Crippen LogP contribution < -0.4 is 4.74 Å². The summed E-state index contributed by atoms with van der Waals surface area (Å²) in [6, 6.07) is 17.4. The number of methoxy groups -OCH3 is 1. The summed E-state index contributed by atoms with van der Waals surface area (Å²) < 4.78 is 5.27. The summed E-state index contributed by atoms with van der Waals surface area (Å²) in [5.74, 6) is 0.795. The summed E-state index contributed by atoms with van der Waals surface area (Å²) in [4.78, 5) is 17.4. The Kier molecular flexibility index (Phi) is 3.87. The second-order valence-electron chi connectivity index (χ2n) is 6.10. The van der Waals surface area contributed by atoms with Crippen LogP contribution in [0.5, 0.6) is 5.75 Å². The number of Topliss-reactive ketones (excluding diaryl/α,β-unsaturated/α-hetero) is 1. The van der Waals surface area contributed by atoms with E-state index in [0.717, 1.165) is 22.2 Å². The maximum atomic E-state index is 13.0. The Hall–Kier alpha value is -2.68. The fraction of sp³-hybridized carbons (Fsp3) is 0.200. The molecule has 0 radical (unpaired) electrons. The molecule has 23 heavy (non-hydrogen) atoms. The van der Waals surface area contributed by atoms with Gasteiger partial charge in [0.2, 0.25) is 0 Å². The Labute approximate surface area is 135 Å². The van der Waals surface area contributed by atoms with Crippen LogP contribution in [-0.2, 0) is 5.41 Å². The van der Waals surface area contributed by atoms with E-state index in [0.29, 0.717) is 5.56 Å². The normalized spacial score (nSPS) is 11.4. The number of fused-ring (bicyclic) bond motifs is 1. The second-order valence-corrected chi connectivity index (χ2v) is 6.10. The van der Waals surface area contributed by atoms with Crippen molar-refractivity contribution in [2.24, 2.45) is 0 Å². The largest absolute Gasteiger partial charge is 0.497 e. The van der Waals surface area contributed by atoms with E-state index in [9.17, 15) is 4.79 Å². The molecule has 0 unspecified atom stereocenters. The Morgan fingerprint density at radius 3 is 2.61 bits per heavy atom. The lowest BCUT2D eigenvalue weighted by Crippen LogP contribution is -2.29. The number of hydrogen-bond acceptors (Lipinski definition) is 3. The van der Waals surface area contributed by atoms with E-state index in [-0.39, 0.29) is 5.78 Å². The Bertz CT molecular complexity index is 868. The molecule has 0 saturated heterocycles. The molecule has 0 amide bonds. The molecule has 3 rings (SSSR count). The van der Waals surface area contributed by atoms with Crippen LogP contribution in [0.1, 0.15) is 29.8 Å². The third-order valence-corrected chi connectivity index (χ3v) is 4.21. The van der Waals surface area contributed by atoms with Crippen molar-refractivity contribution in [2.75, 3.05) is 7.11 Å². The van der Waals surface area contributed by atoms with Crippen molar-refractivity contribution in [3.05, 3.63) is 71.9 Å². The summed E-state index contributed by atoms with van der Waals surface area (Å²) in [7, 11) is 1.63. The number of ether oxygens (including phenoxy) is 1. The molecule has 2 aromatic carbocycles. The molecule has 0 spiro atoms. The number of aromatic nitrogens is 1. The van der Waals surface area contributed by atoms with Gasteiger partial charge in [0, 0.05) is 17.1 Å². The molecular formula is C20H19NO2. The zero-order valence-corrected chi connectivity index (χ0v) is 13.5. The van der Waals surface area contributed by atoms with Gasteiger partial charge < -0.3 is 4.74 Å². The smallest absolute Gasteiger partial charge is 0.174 e. The van der Waals surface area contributed by atoms with Gasteiger partial charge in [-0.3, -0.25) is 9.78 Å². The Morgan fingerprint density at radius 1 is 1.04 bits per heavy atom. The molecule has 0 N–H and O–H groups in total. The average Bonchev–Trinajstić information content (AvgIpc) is 2.60. The molecule has 1 heterocycles. The van der Waals surface area contributed by atoms with Crippen LogP contribution >= 0.6 is 0 Å². The summed E-state index contributed by atoms with van der Waals surface area (Å²) in [6.07, 6.45) is 1.66. The van der Waals surface area contributed by atoms with Crippen LogP contribution in [0, 0.1) is 0 Å². The zero-order valence-electron chi connectivity index (χ0n) is 13.5. The molecule has 0 bridgehead atoms. The van der Waals surface area contributed by atoms with Crippen molar-refractivity contribution in [1.29, 1.82) is 0 Å². The number of nitrogens with zero attached hydrogens (tertiary/aromatic N) is 1. The molecule has 116 valence electrons. The minimum absolute atomic E-state index is 0.0454. The first kappa shape index (κ1) is 15.2. The topological polar surface area (TPSA) is 39.2 Å². The molecule has 3 aromatic rings. The maximum Gasteiger partial charge on any atom is 0.174 e. The fourth-order valence-electron chi connectivity index (χ4n) is 2.70. The van der Waals surface area contributed by atoms with Crippen molar-refractivity contribution >= 4 is 16.7 Å². The summed E-state index contributed by atoms with van der Waals surface area (Å²) in [5.41, 5.74) is 1.79. The van der Waals surface area contributed by atoms with Crippen molar-refractivity contribution < 1.29 is 9.53 Å². The first-order chi connectivity index (χ1) is 11.0. The predicted octanol–water partition coefficient (Wildman–Crippen LogP) is 4.40. The molecular weight excluding hydrogens is 286 g/mol. The Morgan fingerprint density at radius 2 is 1.83 bits per heavy atom. The number of carbonyl (C=O) groups excluding carboxylic acids is 1. The standard InChI is InChI=1S/C20H19NO2/c1-20(2,16-8-6-9-17(12-16)23-3)19(22)15-11-14-7-4-5-10-18(14)21-13-15/h4-13H,1-3H3. The molecule has 0 saturated carbocycles. The van der Waals surface area contributed by atoms with E-state index in [1.165, 1.54) is 0 Å². The number of pyridine rings is 1. The maximum absolute atomic E-state index is 13.0. The molecule has 0 atom stereocenters. The van der Waals surface area contributed by atoms with Gasteiger partial charge in [-0.2, -0.15) is 0 Å². The highest BCUT2D eigenvalue weighted by molar-refractivity contribution is 6.05. The third kappa shape index (κ3) is 2.82. The van der Waals surface area contributed by atoms with Crippen molar-refractivity contribution in [3.8, 4) is 5.75 Å². The number of carbonyl (C=O) groups is 1. The predicted molar refractivity (Wildman–Crippen MR) is 92.1 cm³/mol. The lowest BCUT2D eigenvalue weighted by molar-refractivity contribution is 0.0908. The van der Waals surface area contributed by atoms with Crippen LogP contribution in [-0.4, -0.2) is 17.9 Å². The van der Waals surface area contributed by atoms with Crippen LogP contribution in [0.15, 0.2) is 60.8 Å². The van der Waals surface area contributed by atoms with Gasteiger partial charge in [-0.25, -0.2) is 0 Å². The summed E-state index contributed by atoms with van der Waals surface area (Å²) in [6.45, 7) is 3.86. The van der Waals surface area contributed by atoms with Gasteiger partial charge in [0.25, 0.3) is 0 Å². The van der Waals surface area contributed by atoms with Gasteiger partial charge in [0.1, 0.15) is 5.75 Å². The highest BCUT2D eigenvalue weighted by atomic mass is 16.5. The molecule has 3 heteroatoms. The van der Waals surface area contributed by atoms with Crippen LogP contribution in [0.25, 0.3) is 10.9 Å². The van der Waals surface area contributed by atoms with E-state index in [4.69, 9.17) is 4.74 Å². The number of para-hydroxylation sites is 1. The van der Waals surface area contributed by atoms with E-state index in [1.807, 2.05) is 68.4 Å². The number of rotatable bonds is 4. The first-order valence-electron chi connectivity index (χ1n) is 7.56.